The lowest BCUT2D eigenvalue weighted by Crippen LogP contribution is -2.32. The van der Waals surface area contributed by atoms with Crippen LogP contribution in [0.1, 0.15) is 25.3 Å². The standard InChI is InChI=1S/C25H28N4O2.C7H8O3S/c1-18-10-12-28(13-11-18)23-5-3-4-19-6-9-24(27-25(19)23)29-17-26-21-16-20(7-8-22(21)29)31-15-14-30-2;1-6-2-4-7(5-3-6)11(8,9)10/h3-9,16-18H,10-15H2,1-2H3;2-5H,1H3,(H,8,9,10)/p-1. The van der Waals surface area contributed by atoms with Gasteiger partial charge in [0.15, 0.2) is 0 Å². The molecule has 0 radical (unpaired) electrons. The van der Waals surface area contributed by atoms with E-state index in [0.29, 0.717) is 13.2 Å². The number of aromatic nitrogens is 3. The van der Waals surface area contributed by atoms with Crippen molar-refractivity contribution in [1.29, 1.82) is 0 Å². The van der Waals surface area contributed by atoms with Crippen molar-refractivity contribution in [2.24, 2.45) is 5.92 Å². The fraction of sp³-hybridized carbons (Fsp3) is 0.312. The van der Waals surface area contributed by atoms with Gasteiger partial charge in [-0.05, 0) is 68.1 Å². The molecule has 1 aliphatic rings. The highest BCUT2D eigenvalue weighted by atomic mass is 32.2. The molecule has 3 heterocycles. The van der Waals surface area contributed by atoms with E-state index in [2.05, 4.69) is 47.1 Å². The van der Waals surface area contributed by atoms with Gasteiger partial charge in [0.05, 0.1) is 33.7 Å². The Bertz CT molecular complexity index is 1760. The van der Waals surface area contributed by atoms with Crippen LogP contribution in [0.5, 0.6) is 5.75 Å². The Morgan fingerprint density at radius 1 is 0.976 bits per heavy atom. The molecule has 42 heavy (non-hydrogen) atoms. The van der Waals surface area contributed by atoms with E-state index in [4.69, 9.17) is 14.5 Å². The van der Waals surface area contributed by atoms with Crippen LogP contribution >= 0.6 is 0 Å². The van der Waals surface area contributed by atoms with Crippen LogP contribution in [0, 0.1) is 12.8 Å². The number of methoxy groups -OCH3 is 1. The highest BCUT2D eigenvalue weighted by Crippen LogP contribution is 2.30. The quantitative estimate of drug-likeness (QED) is 0.175. The summed E-state index contributed by atoms with van der Waals surface area (Å²) in [4.78, 5) is 12.0. The van der Waals surface area contributed by atoms with Crippen molar-refractivity contribution in [3.05, 3.63) is 84.7 Å². The second kappa shape index (κ2) is 12.9. The number of hydrogen-bond donors (Lipinski definition) is 0. The second-order valence-corrected chi connectivity index (χ2v) is 11.9. The maximum absolute atomic E-state index is 10.4. The van der Waals surface area contributed by atoms with Crippen molar-refractivity contribution in [3.8, 4) is 11.6 Å². The largest absolute Gasteiger partial charge is 0.744 e. The molecule has 1 aliphatic heterocycles. The minimum atomic E-state index is -4.27. The molecule has 10 heteroatoms. The summed E-state index contributed by atoms with van der Waals surface area (Å²) in [7, 11) is -2.60. The first-order valence-corrected chi connectivity index (χ1v) is 15.4. The monoisotopic (exact) mass is 587 g/mol. The highest BCUT2D eigenvalue weighted by molar-refractivity contribution is 7.85. The number of imidazole rings is 1. The zero-order valence-electron chi connectivity index (χ0n) is 24.1. The molecule has 0 aliphatic carbocycles. The van der Waals surface area contributed by atoms with Crippen molar-refractivity contribution in [1.82, 2.24) is 14.5 Å². The Balaban J connectivity index is 0.000000271. The third kappa shape index (κ3) is 6.89. The predicted molar refractivity (Wildman–Crippen MR) is 163 cm³/mol. The molecule has 3 aromatic carbocycles. The van der Waals surface area contributed by atoms with E-state index in [9.17, 15) is 13.0 Å². The molecule has 0 atom stereocenters. The molecule has 220 valence electrons. The van der Waals surface area contributed by atoms with Crippen molar-refractivity contribution in [2.45, 2.75) is 31.6 Å². The lowest BCUT2D eigenvalue weighted by Gasteiger charge is -2.32. The van der Waals surface area contributed by atoms with Crippen LogP contribution in [-0.2, 0) is 14.9 Å². The van der Waals surface area contributed by atoms with Gasteiger partial charge in [-0.25, -0.2) is 18.4 Å². The lowest BCUT2D eigenvalue weighted by atomic mass is 9.98. The minimum Gasteiger partial charge on any atom is -0.744 e. The van der Waals surface area contributed by atoms with Gasteiger partial charge in [0.25, 0.3) is 0 Å². The predicted octanol–water partition coefficient (Wildman–Crippen LogP) is 5.73. The Morgan fingerprint density at radius 3 is 2.45 bits per heavy atom. The Labute approximate surface area is 246 Å². The average Bonchev–Trinajstić information content (AvgIpc) is 3.41. The van der Waals surface area contributed by atoms with Gasteiger partial charge in [-0.2, -0.15) is 0 Å². The number of anilines is 1. The SMILES string of the molecule is COCCOc1ccc2c(c1)ncn2-c1ccc2cccc(N3CCC(C)CC3)c2n1.Cc1ccc(S(=O)(=O)[O-])cc1. The van der Waals surface area contributed by atoms with Gasteiger partial charge in [0, 0.05) is 31.7 Å². The normalized spacial score (nSPS) is 14.1. The number of piperidine rings is 1. The topological polar surface area (TPSA) is 110 Å². The zero-order valence-corrected chi connectivity index (χ0v) is 24.9. The summed E-state index contributed by atoms with van der Waals surface area (Å²) >= 11 is 0. The van der Waals surface area contributed by atoms with Crippen LogP contribution in [0.3, 0.4) is 0 Å². The van der Waals surface area contributed by atoms with E-state index in [1.807, 2.05) is 36.0 Å². The molecule has 0 spiro atoms. The van der Waals surface area contributed by atoms with Gasteiger partial charge in [-0.1, -0.05) is 36.8 Å². The second-order valence-electron chi connectivity index (χ2n) is 10.6. The van der Waals surface area contributed by atoms with Crippen molar-refractivity contribution in [3.63, 3.8) is 0 Å². The summed E-state index contributed by atoms with van der Waals surface area (Å²) in [6, 6.07) is 22.4. The van der Waals surface area contributed by atoms with E-state index >= 15 is 0 Å². The Hall–Kier alpha value is -3.99. The number of fused-ring (bicyclic) bond motifs is 2. The number of hydrogen-bond acceptors (Lipinski definition) is 8. The highest BCUT2D eigenvalue weighted by Gasteiger charge is 2.19. The van der Waals surface area contributed by atoms with Crippen LogP contribution in [0.4, 0.5) is 5.69 Å². The van der Waals surface area contributed by atoms with E-state index in [-0.39, 0.29) is 4.90 Å². The number of aryl methyl sites for hydroxylation is 1. The molecule has 0 saturated carbocycles. The molecule has 0 N–H and O–H groups in total. The molecule has 1 saturated heterocycles. The zero-order chi connectivity index (χ0) is 29.7. The first kappa shape index (κ1) is 29.5. The maximum Gasteiger partial charge on any atom is 0.139 e. The van der Waals surface area contributed by atoms with E-state index in [1.165, 1.54) is 30.7 Å². The summed E-state index contributed by atoms with van der Waals surface area (Å²) < 4.78 is 44.0. The molecule has 9 nitrogen and oxygen atoms in total. The fourth-order valence-electron chi connectivity index (χ4n) is 4.97. The fourth-order valence-corrected chi connectivity index (χ4v) is 5.44. The van der Waals surface area contributed by atoms with Crippen LogP contribution in [-0.4, -0.2) is 60.9 Å². The number of nitrogens with zero attached hydrogens (tertiary/aromatic N) is 4. The summed E-state index contributed by atoms with van der Waals surface area (Å²) in [5.41, 5.74) is 5.10. The van der Waals surface area contributed by atoms with Gasteiger partial charge in [-0.15, -0.1) is 0 Å². The number of ether oxygens (including phenoxy) is 2. The first-order chi connectivity index (χ1) is 20.2. The van der Waals surface area contributed by atoms with Crippen molar-refractivity contribution >= 4 is 37.7 Å². The lowest BCUT2D eigenvalue weighted by molar-refractivity contribution is 0.146. The van der Waals surface area contributed by atoms with Crippen molar-refractivity contribution < 1.29 is 22.4 Å². The molecule has 1 fully saturated rings. The molecule has 5 aromatic rings. The molecule has 0 bridgehead atoms. The van der Waals surface area contributed by atoms with E-state index in [1.54, 1.807) is 19.2 Å². The molecule has 6 rings (SSSR count). The van der Waals surface area contributed by atoms with Crippen LogP contribution in [0.2, 0.25) is 0 Å². The van der Waals surface area contributed by atoms with E-state index < -0.39 is 10.1 Å². The van der Waals surface area contributed by atoms with Crippen molar-refractivity contribution in [2.75, 3.05) is 38.3 Å². The molecular formula is C32H35N4O5S-. The van der Waals surface area contributed by atoms with Gasteiger partial charge < -0.3 is 18.9 Å². The minimum absolute atomic E-state index is 0.178. The summed E-state index contributed by atoms with van der Waals surface area (Å²) in [5, 5.41) is 1.16. The van der Waals surface area contributed by atoms with Gasteiger partial charge in [0.2, 0.25) is 0 Å². The number of benzene rings is 3. The van der Waals surface area contributed by atoms with Gasteiger partial charge >= 0.3 is 0 Å². The van der Waals surface area contributed by atoms with Gasteiger partial charge in [-0.3, -0.25) is 4.57 Å². The van der Waals surface area contributed by atoms with E-state index in [0.717, 1.165) is 58.1 Å². The molecular weight excluding hydrogens is 552 g/mol. The first-order valence-electron chi connectivity index (χ1n) is 14.0. The summed E-state index contributed by atoms with van der Waals surface area (Å²) in [5.74, 6) is 2.47. The summed E-state index contributed by atoms with van der Waals surface area (Å²) in [6.45, 7) is 7.42. The number of pyridine rings is 1. The Kier molecular flexibility index (Phi) is 9.06. The van der Waals surface area contributed by atoms with Crippen LogP contribution < -0.4 is 9.64 Å². The Morgan fingerprint density at radius 2 is 1.74 bits per heavy atom. The summed E-state index contributed by atoms with van der Waals surface area (Å²) in [6.07, 6.45) is 4.30. The number of rotatable bonds is 7. The van der Waals surface area contributed by atoms with Crippen LogP contribution in [0.15, 0.2) is 84.0 Å². The van der Waals surface area contributed by atoms with Gasteiger partial charge in [0.1, 0.15) is 34.6 Å². The smallest absolute Gasteiger partial charge is 0.139 e. The molecule has 0 unspecified atom stereocenters. The molecule has 0 amide bonds. The average molecular weight is 588 g/mol. The number of para-hydroxylation sites is 1. The third-order valence-electron chi connectivity index (χ3n) is 7.44. The maximum atomic E-state index is 10.4. The third-order valence-corrected chi connectivity index (χ3v) is 8.29. The van der Waals surface area contributed by atoms with Crippen LogP contribution in [0.25, 0.3) is 27.8 Å². The molecule has 2 aromatic heterocycles.